The van der Waals surface area contributed by atoms with Crippen molar-refractivity contribution in [2.45, 2.75) is 211 Å². The molecule has 1 aliphatic rings. The number of nitrogens with one attached hydrogen (secondary N) is 16. The summed E-state index contributed by atoms with van der Waals surface area (Å²) in [5.74, 6) is -20.0. The fourth-order valence-corrected chi connectivity index (χ4v) is 12.1. The summed E-state index contributed by atoms with van der Waals surface area (Å²) >= 11 is 0. The molecule has 0 radical (unpaired) electrons. The maximum Gasteiger partial charge on any atom is 0.245 e. The lowest BCUT2D eigenvalue weighted by Crippen LogP contribution is -2.62. The van der Waals surface area contributed by atoms with E-state index < -0.39 is 307 Å². The third kappa shape index (κ3) is 45.3. The average Bonchev–Trinajstić information content (AvgIpc) is 1.17. The topological polar surface area (TPSA) is 707 Å². The molecule has 0 aromatic heterocycles. The minimum absolute atomic E-state index is 0.103. The van der Waals surface area contributed by atoms with E-state index in [4.69, 9.17) is 0 Å². The molecule has 13 unspecified atom stereocenters. The number of aliphatic hydroxyl groups is 2. The lowest BCUT2D eigenvalue weighted by atomic mass is 9.99. The van der Waals surface area contributed by atoms with Crippen LogP contribution >= 0.6 is 0 Å². The molecule has 0 saturated carbocycles. The number of rotatable bonds is 44. The van der Waals surface area contributed by atoms with Crippen molar-refractivity contribution in [2.24, 2.45) is 17.8 Å². The Morgan fingerprint density at radius 1 is 0.449 bits per heavy atom. The number of hydrogen-bond donors (Lipinski definition) is 18. The van der Waals surface area contributed by atoms with Gasteiger partial charge in [-0.15, -0.1) is 0 Å². The summed E-state index contributed by atoms with van der Waals surface area (Å²) in [6, 6.07) is -18.8. The van der Waals surface area contributed by atoms with Crippen molar-refractivity contribution >= 4 is 116 Å². The molecule has 0 bridgehead atoms. The van der Waals surface area contributed by atoms with Gasteiger partial charge in [-0.3, -0.25) is 52.7 Å². The number of carbonyl (C=O) groups is 11. The van der Waals surface area contributed by atoms with Crippen molar-refractivity contribution in [1.82, 2.24) is 85.1 Å². The molecular weight excluding hydrogens is 1530 g/mol. The molecule has 1 heterocycles. The smallest absolute Gasteiger partial charge is 0.245 e. The summed E-state index contributed by atoms with van der Waals surface area (Å²) in [4.78, 5) is 158. The minimum Gasteiger partial charge on any atom is -0.747 e. The fraction of sp³-hybridized carbons (Fsp3) is 0.810. The van der Waals surface area contributed by atoms with E-state index in [1.807, 2.05) is 13.8 Å². The minimum atomic E-state index is -5.03. The maximum atomic E-state index is 14.9. The van der Waals surface area contributed by atoms with Crippen molar-refractivity contribution in [2.75, 3.05) is 68.7 Å². The Balaban J connectivity index is 4.33. The lowest BCUT2D eigenvalue weighted by Gasteiger charge is -2.29. The molecule has 1 rings (SSSR count). The van der Waals surface area contributed by atoms with Gasteiger partial charge >= 0.3 is 0 Å². The monoisotopic (exact) mass is 1630 g/mol. The first-order chi connectivity index (χ1) is 49.4. The van der Waals surface area contributed by atoms with Crippen LogP contribution in [0.25, 0.3) is 0 Å². The van der Waals surface area contributed by atoms with E-state index in [2.05, 4.69) is 85.1 Å². The van der Waals surface area contributed by atoms with Crippen LogP contribution in [0, 0.1) is 17.8 Å². The first-order valence-electron chi connectivity index (χ1n) is 34.3. The third-order valence-corrected chi connectivity index (χ3v) is 18.6. The summed E-state index contributed by atoms with van der Waals surface area (Å²) in [6.45, 7) is 8.83. The molecule has 44 nitrogen and oxygen atoms in total. The first kappa shape index (κ1) is 98.4. The number of amides is 11. The molecule has 18 N–H and O–H groups in total. The summed E-state index contributed by atoms with van der Waals surface area (Å²) in [5, 5.41) is 59.0. The van der Waals surface area contributed by atoms with Crippen LogP contribution in [-0.4, -0.2) is 281 Å². The van der Waals surface area contributed by atoms with Crippen molar-refractivity contribution in [3.05, 3.63) is 0 Å². The Hall–Kier alpha value is -6.56. The van der Waals surface area contributed by atoms with E-state index in [9.17, 15) is 128 Å². The zero-order valence-electron chi connectivity index (χ0n) is 60.7. The van der Waals surface area contributed by atoms with Gasteiger partial charge in [-0.2, -0.15) is 0 Å². The van der Waals surface area contributed by atoms with E-state index in [0.29, 0.717) is 18.8 Å². The molecule has 0 aromatic carbocycles. The van der Waals surface area contributed by atoms with Gasteiger partial charge in [0.15, 0.2) is 0 Å². The van der Waals surface area contributed by atoms with E-state index in [0.717, 1.165) is 26.7 Å². The largest absolute Gasteiger partial charge is 0.747 e. The Morgan fingerprint density at radius 3 is 1.19 bits per heavy atom. The standard InChI is InChI=1S/C58H110N16O28S5/c1-9-35(6)12-10-11-13-46(77)65-38(14-20-59-28-103(88,89)90)53(82)74-48(37(8)76)58(87)70-41(17-23-62-31-106(97,98)99)50(79)68-43-19-25-64-57(86)47(36(7)75)73-54(83)42(18-24-63-32-107(100,101)102)67-49(78)39(15-21-60-29-104(91,92)93)69-55(84)44(26-33(2)3)72-56(85)45(27-34(4)5)71-52(81)40(66-51(43)80)16-22-61-30-105(94,95)96/h33-45,47-48,59-63,75-76H,9-32H2,1-8H3,(H,64,86)(H,65,77)(H,66,80)(H,67,78)(H,68,79)(H,69,84)(H,70,87)(H,71,81)(H,72,85)(H,73,83)(H,74,82)(H,88,89,90)(H,91,92,93)(H,94,95,96)(H,97,98,99)(H,100,101,102)/p-5. The summed E-state index contributed by atoms with van der Waals surface area (Å²) in [7, 11) is -24.8. The van der Waals surface area contributed by atoms with E-state index in [1.54, 1.807) is 27.7 Å². The molecule has 107 heavy (non-hydrogen) atoms. The van der Waals surface area contributed by atoms with Gasteiger partial charge in [0, 0.05) is 13.0 Å². The third-order valence-electron chi connectivity index (χ3n) is 15.8. The summed E-state index contributed by atoms with van der Waals surface area (Å²) in [6.07, 6.45) is -5.63. The molecule has 0 aromatic rings. The number of unbranched alkanes of at least 4 members (excludes halogenated alkanes) is 1. The number of hydrogen-bond acceptors (Lipinski definition) is 33. The summed E-state index contributed by atoms with van der Waals surface area (Å²) < 4.78 is 173. The Morgan fingerprint density at radius 2 is 0.813 bits per heavy atom. The highest BCUT2D eigenvalue weighted by atomic mass is 32.2. The number of carbonyl (C=O) groups excluding carboxylic acids is 11. The normalized spacial score (nSPS) is 21.5. The molecule has 0 aliphatic carbocycles. The van der Waals surface area contributed by atoms with Crippen molar-refractivity contribution < 1.29 is 128 Å². The highest BCUT2D eigenvalue weighted by molar-refractivity contribution is 7.86. The van der Waals surface area contributed by atoms with Gasteiger partial charge < -0.3 is 118 Å². The second-order valence-corrected chi connectivity index (χ2v) is 33.6. The zero-order chi connectivity index (χ0) is 81.8. The zero-order valence-corrected chi connectivity index (χ0v) is 64.8. The highest BCUT2D eigenvalue weighted by Gasteiger charge is 2.38. The molecule has 49 heteroatoms. The second-order valence-electron chi connectivity index (χ2n) is 26.6. The van der Waals surface area contributed by atoms with Gasteiger partial charge in [0.1, 0.15) is 111 Å². The molecule has 1 fully saturated rings. The van der Waals surface area contributed by atoms with Gasteiger partial charge in [0.05, 0.1) is 41.6 Å². The van der Waals surface area contributed by atoms with Gasteiger partial charge in [-0.25, -0.2) is 42.1 Å². The van der Waals surface area contributed by atoms with Gasteiger partial charge in [-0.05, 0) is 122 Å². The van der Waals surface area contributed by atoms with Gasteiger partial charge in [-0.1, -0.05) is 60.8 Å². The predicted octanol–water partition coefficient (Wildman–Crippen LogP) is -9.77. The van der Waals surface area contributed by atoms with E-state index in [1.165, 1.54) is 0 Å². The quantitative estimate of drug-likeness (QED) is 0.0199. The van der Waals surface area contributed by atoms with E-state index in [-0.39, 0.29) is 19.3 Å². The predicted molar refractivity (Wildman–Crippen MR) is 373 cm³/mol. The molecule has 11 amide bonds. The van der Waals surface area contributed by atoms with Crippen LogP contribution in [0.3, 0.4) is 0 Å². The molecule has 1 saturated heterocycles. The Kier molecular flexibility index (Phi) is 44.3. The van der Waals surface area contributed by atoms with Crippen LogP contribution in [0.2, 0.25) is 0 Å². The van der Waals surface area contributed by atoms with Gasteiger partial charge in [0.2, 0.25) is 65.0 Å². The highest BCUT2D eigenvalue weighted by Crippen LogP contribution is 2.15. The van der Waals surface area contributed by atoms with Crippen molar-refractivity contribution in [3.8, 4) is 0 Å². The van der Waals surface area contributed by atoms with Crippen LogP contribution in [0.5, 0.6) is 0 Å². The van der Waals surface area contributed by atoms with E-state index >= 15 is 0 Å². The second kappa shape index (κ2) is 48.2. The van der Waals surface area contributed by atoms with Crippen LogP contribution in [0.4, 0.5) is 0 Å². The van der Waals surface area contributed by atoms with Gasteiger partial charge in [0.25, 0.3) is 0 Å². The van der Waals surface area contributed by atoms with Crippen LogP contribution in [0.1, 0.15) is 139 Å². The molecule has 1 aliphatic heterocycles. The van der Waals surface area contributed by atoms with Crippen LogP contribution in [0.15, 0.2) is 0 Å². The fourth-order valence-electron chi connectivity index (χ4n) is 10.1. The molecule has 0 spiro atoms. The average molecular weight is 1630 g/mol. The van der Waals surface area contributed by atoms with Crippen molar-refractivity contribution in [1.29, 1.82) is 0 Å². The van der Waals surface area contributed by atoms with Crippen LogP contribution in [-0.2, 0) is 103 Å². The molecule has 620 valence electrons. The lowest BCUT2D eigenvalue weighted by molar-refractivity contribution is -0.137. The maximum absolute atomic E-state index is 14.9. The Bertz CT molecular complexity index is 3520. The SMILES string of the molecule is CCC(C)CCCCC(=O)NC(CCNCS(=O)(=O)[O-])C(=O)NC(C(=O)NC(CCNCS(=O)(=O)[O-])C(=O)NC1CCNC(=O)C(C(C)O)NC(=O)C(CCNCS(=O)(=O)[O-])NC(=O)C(CCNCS(=O)(=O)[O-])NC(=O)C(CC(C)C)NC(=O)C(CC(C)C)NC(=O)C(CCNCS(=O)(=O)[O-])NC1=O)C(C)O. The Labute approximate surface area is 623 Å². The molecule has 13 atom stereocenters. The number of aliphatic hydroxyl groups excluding tert-OH is 2. The van der Waals surface area contributed by atoms with Crippen molar-refractivity contribution in [3.63, 3.8) is 0 Å². The van der Waals surface area contributed by atoms with Crippen LogP contribution < -0.4 is 85.1 Å². The first-order valence-corrected chi connectivity index (χ1v) is 42.2. The molecular formula is C58H105N16O28S5-5. The summed E-state index contributed by atoms with van der Waals surface area (Å²) in [5.41, 5.74) is 0.